The largest absolute Gasteiger partial charge is 0.497 e. The van der Waals surface area contributed by atoms with Crippen molar-refractivity contribution in [3.05, 3.63) is 29.8 Å². The lowest BCUT2D eigenvalue weighted by molar-refractivity contribution is 0.116. The maximum Gasteiger partial charge on any atom is 0.119 e. The predicted molar refractivity (Wildman–Crippen MR) is 54.0 cm³/mol. The summed E-state index contributed by atoms with van der Waals surface area (Å²) in [6, 6.07) is 8.12. The Hall–Kier alpha value is -1.06. The molecular weight excluding hydrogens is 178 g/mol. The van der Waals surface area contributed by atoms with E-state index in [4.69, 9.17) is 15.5 Å². The van der Waals surface area contributed by atoms with Crippen LogP contribution in [0, 0.1) is 0 Å². The molecule has 0 bridgehead atoms. The number of rotatable bonds is 4. The molecule has 1 aliphatic carbocycles. The number of ether oxygens (including phenoxy) is 1. The molecule has 0 spiro atoms. The van der Waals surface area contributed by atoms with E-state index in [-0.39, 0.29) is 5.41 Å². The molecule has 0 atom stereocenters. The molecule has 76 valence electrons. The van der Waals surface area contributed by atoms with Crippen LogP contribution in [0.3, 0.4) is 0 Å². The first-order chi connectivity index (χ1) is 6.80. The first-order valence-electron chi connectivity index (χ1n) is 4.77. The van der Waals surface area contributed by atoms with Gasteiger partial charge in [0.2, 0.25) is 0 Å². The van der Waals surface area contributed by atoms with Crippen molar-refractivity contribution in [2.24, 2.45) is 5.90 Å². The van der Waals surface area contributed by atoms with E-state index in [1.165, 1.54) is 5.56 Å². The van der Waals surface area contributed by atoms with Crippen molar-refractivity contribution in [1.29, 1.82) is 0 Å². The van der Waals surface area contributed by atoms with Crippen LogP contribution < -0.4 is 10.6 Å². The number of methoxy groups -OCH3 is 1. The number of hydrogen-bond donors (Lipinski definition) is 1. The van der Waals surface area contributed by atoms with Gasteiger partial charge in [0.05, 0.1) is 13.7 Å². The van der Waals surface area contributed by atoms with Gasteiger partial charge < -0.3 is 9.57 Å². The molecule has 2 N–H and O–H groups in total. The zero-order valence-electron chi connectivity index (χ0n) is 8.32. The Kier molecular flexibility index (Phi) is 2.44. The monoisotopic (exact) mass is 193 g/mol. The highest BCUT2D eigenvalue weighted by Crippen LogP contribution is 2.48. The summed E-state index contributed by atoms with van der Waals surface area (Å²) < 4.78 is 5.18. The Labute approximate surface area is 83.8 Å². The topological polar surface area (TPSA) is 44.5 Å². The molecule has 0 heterocycles. The first kappa shape index (κ1) is 9.49. The maximum atomic E-state index is 5.18. The van der Waals surface area contributed by atoms with Gasteiger partial charge >= 0.3 is 0 Å². The van der Waals surface area contributed by atoms with E-state index in [9.17, 15) is 0 Å². The number of nitrogens with two attached hydrogens (primary N) is 1. The molecule has 1 saturated carbocycles. The first-order valence-corrected chi connectivity index (χ1v) is 4.77. The summed E-state index contributed by atoms with van der Waals surface area (Å²) in [7, 11) is 1.68. The molecule has 0 radical (unpaired) electrons. The van der Waals surface area contributed by atoms with E-state index in [2.05, 4.69) is 12.1 Å². The van der Waals surface area contributed by atoms with Gasteiger partial charge in [-0.3, -0.25) is 0 Å². The Morgan fingerprint density at radius 2 is 2.21 bits per heavy atom. The molecule has 3 nitrogen and oxygen atoms in total. The second-order valence-corrected chi connectivity index (χ2v) is 3.82. The van der Waals surface area contributed by atoms with E-state index in [1.54, 1.807) is 7.11 Å². The highest BCUT2D eigenvalue weighted by molar-refractivity contribution is 5.37. The van der Waals surface area contributed by atoms with E-state index >= 15 is 0 Å². The van der Waals surface area contributed by atoms with Crippen LogP contribution in [0.25, 0.3) is 0 Å². The van der Waals surface area contributed by atoms with Crippen molar-refractivity contribution in [2.75, 3.05) is 13.7 Å². The standard InChI is InChI=1S/C11H15NO2/c1-13-10-4-2-3-9(7-10)11(5-6-11)8-14-12/h2-4,7H,5-6,8,12H2,1H3. The van der Waals surface area contributed by atoms with Crippen LogP contribution in [0.4, 0.5) is 0 Å². The van der Waals surface area contributed by atoms with Gasteiger partial charge in [-0.25, -0.2) is 5.90 Å². The van der Waals surface area contributed by atoms with Gasteiger partial charge in [0.1, 0.15) is 5.75 Å². The van der Waals surface area contributed by atoms with Crippen LogP contribution in [0.1, 0.15) is 18.4 Å². The smallest absolute Gasteiger partial charge is 0.119 e. The van der Waals surface area contributed by atoms with Gasteiger partial charge in [0.15, 0.2) is 0 Å². The second kappa shape index (κ2) is 3.59. The molecule has 1 aliphatic rings. The zero-order chi connectivity index (χ0) is 10.0. The van der Waals surface area contributed by atoms with Crippen molar-refractivity contribution in [3.63, 3.8) is 0 Å². The Morgan fingerprint density at radius 3 is 2.79 bits per heavy atom. The molecule has 1 aromatic carbocycles. The minimum atomic E-state index is 0.156. The van der Waals surface area contributed by atoms with E-state index < -0.39 is 0 Å². The normalized spacial score (nSPS) is 17.9. The molecule has 1 aromatic rings. The van der Waals surface area contributed by atoms with Gasteiger partial charge in [-0.05, 0) is 30.5 Å². The van der Waals surface area contributed by atoms with Gasteiger partial charge in [0, 0.05) is 5.41 Å². The third kappa shape index (κ3) is 1.61. The van der Waals surface area contributed by atoms with Crippen LogP contribution in [0.15, 0.2) is 24.3 Å². The van der Waals surface area contributed by atoms with Crippen LogP contribution in [-0.4, -0.2) is 13.7 Å². The summed E-state index contributed by atoms with van der Waals surface area (Å²) >= 11 is 0. The summed E-state index contributed by atoms with van der Waals surface area (Å²) in [6.45, 7) is 0.597. The van der Waals surface area contributed by atoms with Gasteiger partial charge in [-0.1, -0.05) is 12.1 Å². The van der Waals surface area contributed by atoms with E-state index in [0.29, 0.717) is 6.61 Å². The fraction of sp³-hybridized carbons (Fsp3) is 0.455. The lowest BCUT2D eigenvalue weighted by Crippen LogP contribution is -2.17. The van der Waals surface area contributed by atoms with Crippen LogP contribution >= 0.6 is 0 Å². The van der Waals surface area contributed by atoms with E-state index in [0.717, 1.165) is 18.6 Å². The van der Waals surface area contributed by atoms with Crippen molar-refractivity contribution in [2.45, 2.75) is 18.3 Å². The molecule has 0 aromatic heterocycles. The lowest BCUT2D eigenvalue weighted by Gasteiger charge is -2.14. The SMILES string of the molecule is COc1cccc(C2(CON)CC2)c1. The predicted octanol–water partition coefficient (Wildman–Crippen LogP) is 1.62. The molecule has 3 heteroatoms. The van der Waals surface area contributed by atoms with Crippen LogP contribution in [0.5, 0.6) is 5.75 Å². The van der Waals surface area contributed by atoms with Crippen molar-refractivity contribution >= 4 is 0 Å². The highest BCUT2D eigenvalue weighted by atomic mass is 16.6. The molecule has 0 unspecified atom stereocenters. The van der Waals surface area contributed by atoms with E-state index in [1.807, 2.05) is 12.1 Å². The summed E-state index contributed by atoms with van der Waals surface area (Å²) in [4.78, 5) is 4.76. The highest BCUT2D eigenvalue weighted by Gasteiger charge is 2.44. The lowest BCUT2D eigenvalue weighted by atomic mass is 9.97. The van der Waals surface area contributed by atoms with Crippen LogP contribution in [-0.2, 0) is 10.3 Å². The quantitative estimate of drug-likeness (QED) is 0.739. The second-order valence-electron chi connectivity index (χ2n) is 3.82. The summed E-state index contributed by atoms with van der Waals surface area (Å²) in [5, 5.41) is 0. The third-order valence-electron chi connectivity index (χ3n) is 2.90. The molecule has 2 rings (SSSR count). The average Bonchev–Trinajstić information content (AvgIpc) is 3.00. The fourth-order valence-electron chi connectivity index (χ4n) is 1.78. The van der Waals surface area contributed by atoms with Crippen molar-refractivity contribution in [1.82, 2.24) is 0 Å². The fourth-order valence-corrected chi connectivity index (χ4v) is 1.78. The number of hydrogen-bond acceptors (Lipinski definition) is 3. The van der Waals surface area contributed by atoms with Gasteiger partial charge in [0.25, 0.3) is 0 Å². The zero-order valence-corrected chi connectivity index (χ0v) is 8.32. The average molecular weight is 193 g/mol. The van der Waals surface area contributed by atoms with Crippen LogP contribution in [0.2, 0.25) is 0 Å². The summed E-state index contributed by atoms with van der Waals surface area (Å²) in [6.07, 6.45) is 2.30. The Balaban J connectivity index is 2.23. The minimum absolute atomic E-state index is 0.156. The maximum absolute atomic E-state index is 5.18. The molecule has 0 amide bonds. The molecule has 14 heavy (non-hydrogen) atoms. The summed E-state index contributed by atoms with van der Waals surface area (Å²) in [5.74, 6) is 6.03. The Bertz CT molecular complexity index is 321. The molecule has 0 saturated heterocycles. The van der Waals surface area contributed by atoms with Gasteiger partial charge in [-0.15, -0.1) is 0 Å². The minimum Gasteiger partial charge on any atom is -0.497 e. The van der Waals surface area contributed by atoms with Crippen molar-refractivity contribution < 1.29 is 9.57 Å². The Morgan fingerprint density at radius 1 is 1.43 bits per heavy atom. The molecular formula is C11H15NO2. The molecule has 1 fully saturated rings. The molecule has 0 aliphatic heterocycles. The number of benzene rings is 1. The van der Waals surface area contributed by atoms with Gasteiger partial charge in [-0.2, -0.15) is 0 Å². The summed E-state index contributed by atoms with van der Waals surface area (Å²) in [5.41, 5.74) is 1.42. The third-order valence-corrected chi connectivity index (χ3v) is 2.90. The van der Waals surface area contributed by atoms with Crippen molar-refractivity contribution in [3.8, 4) is 5.75 Å².